The fourth-order valence-electron chi connectivity index (χ4n) is 3.98. The van der Waals surface area contributed by atoms with Crippen LogP contribution in [-0.4, -0.2) is 64.3 Å². The van der Waals surface area contributed by atoms with Crippen LogP contribution < -0.4 is 0 Å². The molecule has 8 heteroatoms. The third-order valence-electron chi connectivity index (χ3n) is 5.78. The van der Waals surface area contributed by atoms with Gasteiger partial charge in [0, 0.05) is 24.5 Å². The lowest BCUT2D eigenvalue weighted by Gasteiger charge is -2.34. The van der Waals surface area contributed by atoms with E-state index < -0.39 is 24.4 Å². The molecule has 1 saturated heterocycles. The molecule has 0 unspecified atom stereocenters. The highest BCUT2D eigenvalue weighted by Crippen LogP contribution is 2.31. The maximum absolute atomic E-state index is 12.8. The minimum atomic E-state index is -0.904. The van der Waals surface area contributed by atoms with Crippen molar-refractivity contribution in [2.75, 3.05) is 19.8 Å². The quantitative estimate of drug-likeness (QED) is 0.404. The van der Waals surface area contributed by atoms with Gasteiger partial charge in [0.2, 0.25) is 5.91 Å². The van der Waals surface area contributed by atoms with E-state index >= 15 is 0 Å². The molecule has 0 aromatic heterocycles. The van der Waals surface area contributed by atoms with Crippen molar-refractivity contribution in [3.8, 4) is 0 Å². The Bertz CT molecular complexity index is 811. The number of thioether (sulfide) groups is 1. The first-order chi connectivity index (χ1) is 13.8. The van der Waals surface area contributed by atoms with Crippen molar-refractivity contribution in [1.82, 2.24) is 14.7 Å². The van der Waals surface area contributed by atoms with Crippen molar-refractivity contribution in [1.29, 1.82) is 0 Å². The Morgan fingerprint density at radius 3 is 2.38 bits per heavy atom. The zero-order valence-corrected chi connectivity index (χ0v) is 17.9. The van der Waals surface area contributed by atoms with Crippen LogP contribution in [0.4, 0.5) is 4.79 Å². The molecule has 2 atom stereocenters. The van der Waals surface area contributed by atoms with Crippen LogP contribution in [0.25, 0.3) is 0 Å². The van der Waals surface area contributed by atoms with Crippen molar-refractivity contribution in [3.63, 3.8) is 0 Å². The van der Waals surface area contributed by atoms with Crippen LogP contribution >= 0.6 is 11.8 Å². The SMILES string of the molecule is CSc1ccc(CN(C)C(=O)CN2C(=O)C(=O)N([C@@H]3CCCC[C@H]3C)C2=O)cc1. The van der Waals surface area contributed by atoms with Gasteiger partial charge in [0.05, 0.1) is 0 Å². The lowest BCUT2D eigenvalue weighted by molar-refractivity contribution is -0.145. The second-order valence-electron chi connectivity index (χ2n) is 7.78. The smallest absolute Gasteiger partial charge is 0.334 e. The molecule has 29 heavy (non-hydrogen) atoms. The van der Waals surface area contributed by atoms with Crippen LogP contribution in [0.15, 0.2) is 29.2 Å². The van der Waals surface area contributed by atoms with Gasteiger partial charge in [-0.25, -0.2) is 9.69 Å². The zero-order valence-electron chi connectivity index (χ0n) is 17.1. The van der Waals surface area contributed by atoms with Crippen molar-refractivity contribution in [2.45, 2.75) is 50.1 Å². The molecule has 1 aliphatic carbocycles. The van der Waals surface area contributed by atoms with Crippen LogP contribution in [0.2, 0.25) is 0 Å². The summed E-state index contributed by atoms with van der Waals surface area (Å²) in [4.78, 5) is 54.7. The van der Waals surface area contributed by atoms with E-state index in [0.717, 1.165) is 39.5 Å². The van der Waals surface area contributed by atoms with E-state index in [-0.39, 0.29) is 17.9 Å². The second kappa shape index (κ2) is 8.98. The summed E-state index contributed by atoms with van der Waals surface area (Å²) in [5, 5.41) is 0. The molecule has 2 fully saturated rings. The molecule has 7 nitrogen and oxygen atoms in total. The van der Waals surface area contributed by atoms with E-state index in [9.17, 15) is 19.2 Å². The molecular formula is C21H27N3O4S. The van der Waals surface area contributed by atoms with E-state index in [1.165, 1.54) is 4.90 Å². The highest BCUT2D eigenvalue weighted by molar-refractivity contribution is 7.98. The fourth-order valence-corrected chi connectivity index (χ4v) is 4.39. The lowest BCUT2D eigenvalue weighted by atomic mass is 9.85. The summed E-state index contributed by atoms with van der Waals surface area (Å²) in [5.74, 6) is -1.94. The minimum Gasteiger partial charge on any atom is -0.340 e. The van der Waals surface area contributed by atoms with Gasteiger partial charge in [-0.2, -0.15) is 0 Å². The van der Waals surface area contributed by atoms with Gasteiger partial charge >= 0.3 is 17.8 Å². The highest BCUT2D eigenvalue weighted by Gasteiger charge is 2.49. The number of nitrogens with zero attached hydrogens (tertiary/aromatic N) is 3. The van der Waals surface area contributed by atoms with E-state index in [0.29, 0.717) is 13.0 Å². The Labute approximate surface area is 175 Å². The molecule has 1 saturated carbocycles. The molecule has 1 aromatic carbocycles. The maximum Gasteiger partial charge on any atom is 0.334 e. The first-order valence-corrected chi connectivity index (χ1v) is 11.1. The van der Waals surface area contributed by atoms with Gasteiger partial charge < -0.3 is 4.90 Å². The molecule has 3 rings (SSSR count). The topological polar surface area (TPSA) is 78.0 Å². The predicted molar refractivity (Wildman–Crippen MR) is 110 cm³/mol. The second-order valence-corrected chi connectivity index (χ2v) is 8.66. The fraction of sp³-hybridized carbons (Fsp3) is 0.524. The summed E-state index contributed by atoms with van der Waals surface area (Å²) in [6.45, 7) is 1.94. The number of likely N-dealkylation sites (N-methyl/N-ethyl adjacent to an activating group) is 1. The van der Waals surface area contributed by atoms with Crippen LogP contribution in [0.3, 0.4) is 0 Å². The summed E-state index contributed by atoms with van der Waals surface area (Å²) in [7, 11) is 1.62. The van der Waals surface area contributed by atoms with Gasteiger partial charge in [0.15, 0.2) is 0 Å². The molecule has 1 aromatic rings. The summed E-state index contributed by atoms with van der Waals surface area (Å²) >= 11 is 1.64. The molecule has 0 N–H and O–H groups in total. The largest absolute Gasteiger partial charge is 0.340 e. The molecule has 1 heterocycles. The average molecular weight is 418 g/mol. The minimum absolute atomic E-state index is 0.159. The first kappa shape index (κ1) is 21.4. The Morgan fingerprint density at radius 2 is 1.76 bits per heavy atom. The van der Waals surface area contributed by atoms with Crippen molar-refractivity contribution in [3.05, 3.63) is 29.8 Å². The zero-order chi connectivity index (χ0) is 21.1. The van der Waals surface area contributed by atoms with Crippen LogP contribution in [0.1, 0.15) is 38.2 Å². The normalized spacial score (nSPS) is 22.4. The maximum atomic E-state index is 12.8. The third-order valence-corrected chi connectivity index (χ3v) is 6.52. The molecule has 5 amide bonds. The number of imide groups is 2. The Hall–Kier alpha value is -2.35. The number of urea groups is 1. The highest BCUT2D eigenvalue weighted by atomic mass is 32.2. The van der Waals surface area contributed by atoms with Gasteiger partial charge in [0.1, 0.15) is 6.54 Å². The van der Waals surface area contributed by atoms with Crippen LogP contribution in [0.5, 0.6) is 0 Å². The van der Waals surface area contributed by atoms with E-state index in [1.54, 1.807) is 18.8 Å². The lowest BCUT2D eigenvalue weighted by Crippen LogP contribution is -2.47. The molecular weight excluding hydrogens is 390 g/mol. The van der Waals surface area contributed by atoms with Crippen LogP contribution in [-0.2, 0) is 20.9 Å². The van der Waals surface area contributed by atoms with E-state index in [2.05, 4.69) is 0 Å². The summed E-state index contributed by atoms with van der Waals surface area (Å²) in [6.07, 6.45) is 5.62. The Balaban J connectivity index is 1.65. The standard InChI is InChI=1S/C21H27N3O4S/c1-14-6-4-5-7-17(14)24-20(27)19(26)23(21(24)28)13-18(25)22(2)12-15-8-10-16(29-3)11-9-15/h8-11,14,17H,4-7,12-13H2,1-3H3/t14-,17-/m1/s1. The summed E-state index contributed by atoms with van der Waals surface area (Å²) in [6, 6.07) is 6.92. The van der Waals surface area contributed by atoms with Gasteiger partial charge in [0.25, 0.3) is 0 Å². The van der Waals surface area contributed by atoms with E-state index in [4.69, 9.17) is 0 Å². The van der Waals surface area contributed by atoms with Crippen molar-refractivity contribution in [2.24, 2.45) is 5.92 Å². The van der Waals surface area contributed by atoms with Gasteiger partial charge in [-0.05, 0) is 42.7 Å². The summed E-state index contributed by atoms with van der Waals surface area (Å²) in [5.41, 5.74) is 0.950. The molecule has 1 aliphatic heterocycles. The monoisotopic (exact) mass is 417 g/mol. The number of hydrogen-bond acceptors (Lipinski definition) is 5. The Morgan fingerprint density at radius 1 is 1.10 bits per heavy atom. The Kier molecular flexibility index (Phi) is 6.62. The number of hydrogen-bond donors (Lipinski definition) is 0. The number of benzene rings is 1. The molecule has 0 radical (unpaired) electrons. The molecule has 0 spiro atoms. The van der Waals surface area contributed by atoms with Crippen LogP contribution in [0, 0.1) is 5.92 Å². The molecule has 0 bridgehead atoms. The number of carbonyl (C=O) groups excluding carboxylic acids is 4. The number of amides is 5. The van der Waals surface area contributed by atoms with E-state index in [1.807, 2.05) is 37.4 Å². The first-order valence-electron chi connectivity index (χ1n) is 9.89. The van der Waals surface area contributed by atoms with Crippen molar-refractivity contribution < 1.29 is 19.2 Å². The number of rotatable bonds is 6. The predicted octanol–water partition coefficient (Wildman–Crippen LogP) is 2.74. The summed E-state index contributed by atoms with van der Waals surface area (Å²) < 4.78 is 0. The molecule has 2 aliphatic rings. The molecule has 156 valence electrons. The van der Waals surface area contributed by atoms with Gasteiger partial charge in [-0.3, -0.25) is 19.3 Å². The van der Waals surface area contributed by atoms with Gasteiger partial charge in [-0.1, -0.05) is 31.9 Å². The third kappa shape index (κ3) is 4.47. The average Bonchev–Trinajstić information content (AvgIpc) is 2.92. The van der Waals surface area contributed by atoms with Gasteiger partial charge in [-0.15, -0.1) is 11.8 Å². The van der Waals surface area contributed by atoms with Crippen molar-refractivity contribution >= 4 is 35.5 Å². The number of carbonyl (C=O) groups is 4.